The second kappa shape index (κ2) is 21.9. The van der Waals surface area contributed by atoms with Crippen molar-refractivity contribution in [2.24, 2.45) is 11.8 Å². The highest BCUT2D eigenvalue weighted by molar-refractivity contribution is 5.57. The topological polar surface area (TPSA) is 322 Å². The molecule has 4 heterocycles. The van der Waals surface area contributed by atoms with E-state index < -0.39 is 106 Å². The van der Waals surface area contributed by atoms with Crippen molar-refractivity contribution in [3.8, 4) is 51.7 Å². The van der Waals surface area contributed by atoms with Gasteiger partial charge in [-0.25, -0.2) is 0 Å². The lowest BCUT2D eigenvalue weighted by atomic mass is 9.84. The second-order valence-electron chi connectivity index (χ2n) is 16.5. The lowest BCUT2D eigenvalue weighted by Crippen LogP contribution is -2.60. The minimum atomic E-state index is -1.74. The van der Waals surface area contributed by atoms with Crippen molar-refractivity contribution < 1.29 is 113 Å². The molecule has 4 fully saturated rings. The lowest BCUT2D eigenvalue weighted by Gasteiger charge is -2.39. The van der Waals surface area contributed by atoms with Crippen LogP contribution in [0.2, 0.25) is 0 Å². The Balaban J connectivity index is 1.09. The summed E-state index contributed by atoms with van der Waals surface area (Å²) >= 11 is 0. The molecule has 0 radical (unpaired) electrons. The monoisotopic (exact) mass is 968 g/mol. The van der Waals surface area contributed by atoms with Gasteiger partial charge in [0, 0.05) is 11.8 Å². The van der Waals surface area contributed by atoms with Crippen LogP contribution in [0.5, 0.6) is 51.7 Å². The van der Waals surface area contributed by atoms with Gasteiger partial charge in [-0.3, -0.25) is 0 Å². The van der Waals surface area contributed by atoms with E-state index in [1.54, 1.807) is 24.3 Å². The zero-order chi connectivity index (χ0) is 49.1. The van der Waals surface area contributed by atoms with Gasteiger partial charge in [0.15, 0.2) is 40.6 Å². The number of rotatable bonds is 19. The fourth-order valence-corrected chi connectivity index (χ4v) is 8.91. The molecule has 0 aliphatic carbocycles. The summed E-state index contributed by atoms with van der Waals surface area (Å²) in [5.41, 5.74) is 1.46. The molecule has 0 saturated carbocycles. The summed E-state index contributed by atoms with van der Waals surface area (Å²) in [6.07, 6.45) is -19.4. The molecule has 0 spiro atoms. The quantitative estimate of drug-likeness (QED) is 0.0664. The molecule has 23 nitrogen and oxygen atoms in total. The summed E-state index contributed by atoms with van der Waals surface area (Å²) in [6, 6.07) is 9.52. The number of hydrogen-bond donors (Lipinski definition) is 10. The zero-order valence-corrected chi connectivity index (χ0v) is 38.0. The fourth-order valence-electron chi connectivity index (χ4n) is 8.91. The average molecular weight is 969 g/mol. The first-order valence-electron chi connectivity index (χ1n) is 21.6. The van der Waals surface area contributed by atoms with Gasteiger partial charge in [-0.1, -0.05) is 0 Å². The number of ether oxygens (including phenoxy) is 13. The highest BCUT2D eigenvalue weighted by atomic mass is 16.7. The van der Waals surface area contributed by atoms with Crippen molar-refractivity contribution in [2.45, 2.75) is 85.8 Å². The van der Waals surface area contributed by atoms with E-state index in [2.05, 4.69) is 0 Å². The van der Waals surface area contributed by atoms with E-state index in [0.29, 0.717) is 11.1 Å². The Kier molecular flexibility index (Phi) is 16.5. The highest BCUT2D eigenvalue weighted by Gasteiger charge is 2.50. The summed E-state index contributed by atoms with van der Waals surface area (Å²) in [7, 11) is 8.25. The Morgan fingerprint density at radius 2 is 0.853 bits per heavy atom. The maximum atomic E-state index is 11.7. The van der Waals surface area contributed by atoms with Gasteiger partial charge in [0.1, 0.15) is 54.9 Å². The number of benzene rings is 3. The molecular weight excluding hydrogens is 908 g/mol. The third kappa shape index (κ3) is 9.74. The van der Waals surface area contributed by atoms with Crippen molar-refractivity contribution in [3.63, 3.8) is 0 Å². The normalized spacial score (nSPS) is 32.1. The summed E-state index contributed by atoms with van der Waals surface area (Å²) in [5.74, 6) is 0.355. The molecule has 3 aromatic rings. The predicted octanol–water partition coefficient (Wildman–Crippen LogP) is -1.36. The van der Waals surface area contributed by atoms with Crippen LogP contribution in [-0.2, 0) is 18.9 Å². The smallest absolute Gasteiger partial charge is 0.229 e. The summed E-state index contributed by atoms with van der Waals surface area (Å²) < 4.78 is 75.8. The van der Waals surface area contributed by atoms with Crippen LogP contribution < -0.4 is 42.6 Å². The van der Waals surface area contributed by atoms with Gasteiger partial charge in [0.25, 0.3) is 0 Å². The van der Waals surface area contributed by atoms with Gasteiger partial charge < -0.3 is 113 Å². The molecule has 23 heteroatoms. The van der Waals surface area contributed by atoms with E-state index in [0.717, 1.165) is 0 Å². The number of methoxy groups -OCH3 is 6. The Bertz CT molecular complexity index is 2080. The van der Waals surface area contributed by atoms with E-state index >= 15 is 0 Å². The van der Waals surface area contributed by atoms with Crippen molar-refractivity contribution in [1.29, 1.82) is 0 Å². The summed E-state index contributed by atoms with van der Waals surface area (Å²) in [6.45, 7) is -1.45. The first-order valence-corrected chi connectivity index (χ1v) is 21.6. The minimum Gasteiger partial charge on any atom is -0.493 e. The molecular formula is C45H60O23. The molecule has 4 aliphatic rings. The van der Waals surface area contributed by atoms with Crippen LogP contribution in [0.1, 0.15) is 35.0 Å². The molecule has 68 heavy (non-hydrogen) atoms. The SMILES string of the molecule is COc1cc(C2OCC3C(c4cc(OC)c(O[C@@H]5O[C@H](CO)[C@@H](O)[C@@H](O)[C@H]5O)c(OC)c4)OCC23)cc(OC)c1OC(CO)C(O)c1cc(OC)c(O[C@H]2O[C@@H](CO)[C@H](O)[C@H](O)[C@@H]2O)c(OC)c1. The van der Waals surface area contributed by atoms with Gasteiger partial charge in [-0.2, -0.15) is 0 Å². The third-order valence-electron chi connectivity index (χ3n) is 12.7. The molecule has 4 saturated heterocycles. The molecule has 7 rings (SSSR count). The summed E-state index contributed by atoms with van der Waals surface area (Å²) in [4.78, 5) is 0. The van der Waals surface area contributed by atoms with Gasteiger partial charge in [0.2, 0.25) is 29.8 Å². The minimum absolute atomic E-state index is 0.0179. The molecule has 6 unspecified atom stereocenters. The van der Waals surface area contributed by atoms with E-state index in [4.69, 9.17) is 61.6 Å². The first kappa shape index (κ1) is 51.2. The van der Waals surface area contributed by atoms with Gasteiger partial charge >= 0.3 is 0 Å². The molecule has 16 atom stereocenters. The Labute approximate surface area is 390 Å². The first-order chi connectivity index (χ1) is 32.7. The van der Waals surface area contributed by atoms with Crippen LogP contribution in [0.4, 0.5) is 0 Å². The zero-order valence-electron chi connectivity index (χ0n) is 38.0. The third-order valence-corrected chi connectivity index (χ3v) is 12.7. The average Bonchev–Trinajstić information content (AvgIpc) is 3.98. The van der Waals surface area contributed by atoms with Crippen LogP contribution in [0, 0.1) is 11.8 Å². The fraction of sp³-hybridized carbons (Fsp3) is 0.600. The number of fused-ring (bicyclic) bond motifs is 1. The lowest BCUT2D eigenvalue weighted by molar-refractivity contribution is -0.277. The van der Waals surface area contributed by atoms with E-state index in [-0.39, 0.29) is 82.4 Å². The van der Waals surface area contributed by atoms with Crippen molar-refractivity contribution in [2.75, 3.05) is 75.7 Å². The molecule has 0 bridgehead atoms. The Morgan fingerprint density at radius 3 is 1.19 bits per heavy atom. The van der Waals surface area contributed by atoms with E-state index in [1.807, 2.05) is 0 Å². The van der Waals surface area contributed by atoms with Crippen molar-refractivity contribution in [3.05, 3.63) is 53.1 Å². The Hall–Kier alpha value is -4.70. The van der Waals surface area contributed by atoms with E-state index in [9.17, 15) is 51.1 Å². The molecule has 4 aliphatic heterocycles. The maximum absolute atomic E-state index is 11.7. The molecule has 0 aromatic heterocycles. The largest absolute Gasteiger partial charge is 0.493 e. The van der Waals surface area contributed by atoms with Gasteiger partial charge in [-0.05, 0) is 53.1 Å². The predicted molar refractivity (Wildman–Crippen MR) is 228 cm³/mol. The Morgan fingerprint density at radius 1 is 0.500 bits per heavy atom. The van der Waals surface area contributed by atoms with Gasteiger partial charge in [-0.15, -0.1) is 0 Å². The highest BCUT2D eigenvalue weighted by Crippen LogP contribution is 2.54. The maximum Gasteiger partial charge on any atom is 0.229 e. The number of aliphatic hydroxyl groups excluding tert-OH is 10. The van der Waals surface area contributed by atoms with Crippen LogP contribution in [-0.4, -0.2) is 194 Å². The standard InChI is InChI=1S/C45H60O23/c1-56-23-7-18(8-24(57-2)42(23)67-44-37(54)35(52)33(50)30(14-47)65-44)32(49)29(13-46)64-41-25(58-3)9-19(10-26(41)59-4)39-21-16-63-40(22(21)17-62-39)20-11-27(60-5)43(28(12-20)61-6)68-45-38(55)36(53)34(51)31(15-48)66-45/h7-12,21-22,29-40,44-55H,13-17H2,1-6H3/t21?,22?,29?,30-,31+,32?,33-,34+,35-,36+,37-,38+,39?,40?,44+,45-/m0/s1. The molecule has 0 amide bonds. The van der Waals surface area contributed by atoms with Gasteiger partial charge in [0.05, 0.1) is 87.9 Å². The molecule has 10 N–H and O–H groups in total. The van der Waals surface area contributed by atoms with Crippen LogP contribution in [0.3, 0.4) is 0 Å². The number of hydrogen-bond acceptors (Lipinski definition) is 23. The van der Waals surface area contributed by atoms with Crippen LogP contribution in [0.25, 0.3) is 0 Å². The van der Waals surface area contributed by atoms with Crippen molar-refractivity contribution >= 4 is 0 Å². The summed E-state index contributed by atoms with van der Waals surface area (Å²) in [5, 5.41) is 104. The second-order valence-corrected chi connectivity index (χ2v) is 16.5. The van der Waals surface area contributed by atoms with Crippen LogP contribution in [0.15, 0.2) is 36.4 Å². The van der Waals surface area contributed by atoms with Crippen molar-refractivity contribution in [1.82, 2.24) is 0 Å². The van der Waals surface area contributed by atoms with E-state index in [1.165, 1.54) is 54.8 Å². The molecule has 3 aromatic carbocycles. The molecule has 378 valence electrons. The number of aliphatic hydroxyl groups is 10. The van der Waals surface area contributed by atoms with Crippen LogP contribution >= 0.6 is 0 Å².